The van der Waals surface area contributed by atoms with Gasteiger partial charge in [-0.25, -0.2) is 9.59 Å². The van der Waals surface area contributed by atoms with Crippen molar-refractivity contribution in [2.75, 3.05) is 13.7 Å². The number of aliphatic hydroxyl groups excluding tert-OH is 1. The molecule has 1 amide bonds. The summed E-state index contributed by atoms with van der Waals surface area (Å²) >= 11 is 0. The quantitative estimate of drug-likeness (QED) is 0.709. The van der Waals surface area contributed by atoms with Crippen LogP contribution in [0.25, 0.3) is 0 Å². The van der Waals surface area contributed by atoms with E-state index in [2.05, 4.69) is 0 Å². The molecule has 1 rings (SSSR count). The molecular weight excluding hydrogens is 238 g/mol. The van der Waals surface area contributed by atoms with E-state index in [4.69, 9.17) is 9.47 Å². The minimum atomic E-state index is -1.17. The molecule has 1 aliphatic rings. The van der Waals surface area contributed by atoms with Crippen molar-refractivity contribution in [1.82, 2.24) is 4.90 Å². The van der Waals surface area contributed by atoms with E-state index in [9.17, 15) is 14.7 Å². The summed E-state index contributed by atoms with van der Waals surface area (Å²) in [6, 6.07) is 0. The minimum Gasteiger partial charge on any atom is -0.467 e. The van der Waals surface area contributed by atoms with E-state index in [0.717, 1.165) is 0 Å². The maximum Gasteiger partial charge on any atom is 0.411 e. The molecule has 2 atom stereocenters. The van der Waals surface area contributed by atoms with Crippen molar-refractivity contribution in [2.24, 2.45) is 0 Å². The van der Waals surface area contributed by atoms with Gasteiger partial charge < -0.3 is 14.6 Å². The van der Waals surface area contributed by atoms with Gasteiger partial charge in [-0.15, -0.1) is 0 Å². The zero-order chi connectivity index (χ0) is 14.1. The summed E-state index contributed by atoms with van der Waals surface area (Å²) in [6.07, 6.45) is -1.22. The number of carbonyl (C=O) groups excluding carboxylic acids is 2. The molecule has 1 fully saturated rings. The van der Waals surface area contributed by atoms with Crippen LogP contribution in [-0.4, -0.2) is 53.0 Å². The Morgan fingerprint density at radius 2 is 1.94 bits per heavy atom. The fourth-order valence-corrected chi connectivity index (χ4v) is 2.05. The first kappa shape index (κ1) is 14.8. The SMILES string of the molecule is COC(=O)C1(C)CC(O)CN1C(=O)OC(C)(C)C. The Morgan fingerprint density at radius 1 is 1.39 bits per heavy atom. The molecule has 6 heteroatoms. The molecule has 0 bridgehead atoms. The molecule has 18 heavy (non-hydrogen) atoms. The van der Waals surface area contributed by atoms with Crippen LogP contribution in [0.2, 0.25) is 0 Å². The number of hydrogen-bond donors (Lipinski definition) is 1. The highest BCUT2D eigenvalue weighted by Gasteiger charge is 2.51. The third-order valence-corrected chi connectivity index (χ3v) is 2.86. The van der Waals surface area contributed by atoms with Gasteiger partial charge in [0.25, 0.3) is 0 Å². The Labute approximate surface area is 107 Å². The van der Waals surface area contributed by atoms with E-state index in [-0.39, 0.29) is 13.0 Å². The number of likely N-dealkylation sites (tertiary alicyclic amines) is 1. The van der Waals surface area contributed by atoms with Crippen molar-refractivity contribution in [1.29, 1.82) is 0 Å². The van der Waals surface area contributed by atoms with E-state index in [1.54, 1.807) is 27.7 Å². The summed E-state index contributed by atoms with van der Waals surface area (Å²) < 4.78 is 9.92. The lowest BCUT2D eigenvalue weighted by atomic mass is 9.98. The highest BCUT2D eigenvalue weighted by atomic mass is 16.6. The number of methoxy groups -OCH3 is 1. The summed E-state index contributed by atoms with van der Waals surface area (Å²) in [6.45, 7) is 6.87. The number of β-amino-alcohol motifs (C(OH)–C–C–N with tert-alkyl or cyclic N) is 1. The first-order valence-corrected chi connectivity index (χ1v) is 5.87. The average Bonchev–Trinajstić information content (AvgIpc) is 2.51. The number of esters is 1. The van der Waals surface area contributed by atoms with Crippen LogP contribution in [0.15, 0.2) is 0 Å². The lowest BCUT2D eigenvalue weighted by Crippen LogP contribution is -2.52. The van der Waals surface area contributed by atoms with Crippen LogP contribution in [0.4, 0.5) is 4.79 Å². The molecule has 2 unspecified atom stereocenters. The maximum absolute atomic E-state index is 12.0. The molecule has 1 aliphatic heterocycles. The van der Waals surface area contributed by atoms with Crippen LogP contribution in [0.5, 0.6) is 0 Å². The molecule has 1 N–H and O–H groups in total. The normalized spacial score (nSPS) is 28.1. The van der Waals surface area contributed by atoms with Gasteiger partial charge in [-0.3, -0.25) is 4.90 Å². The van der Waals surface area contributed by atoms with E-state index in [1.165, 1.54) is 12.0 Å². The Kier molecular flexibility index (Phi) is 3.90. The number of rotatable bonds is 1. The van der Waals surface area contributed by atoms with Crippen molar-refractivity contribution in [3.05, 3.63) is 0 Å². The summed E-state index contributed by atoms with van der Waals surface area (Å²) in [5.74, 6) is -0.551. The smallest absolute Gasteiger partial charge is 0.411 e. The van der Waals surface area contributed by atoms with Gasteiger partial charge in [0.1, 0.15) is 11.1 Å². The number of amides is 1. The molecule has 6 nitrogen and oxygen atoms in total. The first-order valence-electron chi connectivity index (χ1n) is 5.87. The second-order valence-corrected chi connectivity index (χ2v) is 5.71. The predicted molar refractivity (Wildman–Crippen MR) is 64.0 cm³/mol. The van der Waals surface area contributed by atoms with Crippen LogP contribution in [0, 0.1) is 0 Å². The van der Waals surface area contributed by atoms with Gasteiger partial charge in [0.2, 0.25) is 0 Å². The van der Waals surface area contributed by atoms with E-state index in [0.29, 0.717) is 0 Å². The van der Waals surface area contributed by atoms with Gasteiger partial charge in [-0.1, -0.05) is 0 Å². The average molecular weight is 259 g/mol. The highest BCUT2D eigenvalue weighted by Crippen LogP contribution is 2.31. The molecule has 0 radical (unpaired) electrons. The molecule has 1 saturated heterocycles. The van der Waals surface area contributed by atoms with E-state index in [1.807, 2.05) is 0 Å². The third-order valence-electron chi connectivity index (χ3n) is 2.86. The first-order chi connectivity index (χ1) is 8.10. The Balaban J connectivity index is 2.92. The summed E-state index contributed by atoms with van der Waals surface area (Å²) in [4.78, 5) is 25.0. The second-order valence-electron chi connectivity index (χ2n) is 5.71. The topological polar surface area (TPSA) is 76.1 Å². The number of aliphatic hydroxyl groups is 1. The maximum atomic E-state index is 12.0. The Morgan fingerprint density at radius 3 is 2.39 bits per heavy atom. The zero-order valence-corrected chi connectivity index (χ0v) is 11.5. The zero-order valence-electron chi connectivity index (χ0n) is 11.5. The van der Waals surface area contributed by atoms with Crippen LogP contribution >= 0.6 is 0 Å². The molecule has 0 aromatic rings. The molecule has 0 aromatic carbocycles. The largest absolute Gasteiger partial charge is 0.467 e. The van der Waals surface area contributed by atoms with Crippen molar-refractivity contribution >= 4 is 12.1 Å². The lowest BCUT2D eigenvalue weighted by molar-refractivity contribution is -0.152. The lowest BCUT2D eigenvalue weighted by Gasteiger charge is -2.33. The highest BCUT2D eigenvalue weighted by molar-refractivity contribution is 5.86. The standard InChI is InChI=1S/C12H21NO5/c1-11(2,3)18-10(16)13-7-8(14)6-12(13,4)9(15)17-5/h8,14H,6-7H2,1-5H3. The molecule has 0 aromatic heterocycles. The Bertz CT molecular complexity index is 349. The molecule has 104 valence electrons. The fourth-order valence-electron chi connectivity index (χ4n) is 2.05. The van der Waals surface area contributed by atoms with Crippen LogP contribution in [0.3, 0.4) is 0 Å². The summed E-state index contributed by atoms with van der Waals surface area (Å²) in [5, 5.41) is 9.67. The van der Waals surface area contributed by atoms with Gasteiger partial charge in [-0.2, -0.15) is 0 Å². The monoisotopic (exact) mass is 259 g/mol. The summed E-state index contributed by atoms with van der Waals surface area (Å²) in [7, 11) is 1.26. The molecule has 0 spiro atoms. The van der Waals surface area contributed by atoms with Crippen molar-refractivity contribution < 1.29 is 24.2 Å². The second kappa shape index (κ2) is 4.76. The summed E-state index contributed by atoms with van der Waals surface area (Å²) in [5.41, 5.74) is -1.82. The van der Waals surface area contributed by atoms with Gasteiger partial charge >= 0.3 is 12.1 Å². The minimum absolute atomic E-state index is 0.0700. The van der Waals surface area contributed by atoms with E-state index >= 15 is 0 Å². The molecule has 0 aliphatic carbocycles. The Hall–Kier alpha value is -1.30. The van der Waals surface area contributed by atoms with E-state index < -0.39 is 29.3 Å². The van der Waals surface area contributed by atoms with Gasteiger partial charge in [-0.05, 0) is 27.7 Å². The van der Waals surface area contributed by atoms with Crippen LogP contribution in [0.1, 0.15) is 34.1 Å². The van der Waals surface area contributed by atoms with Crippen LogP contribution in [-0.2, 0) is 14.3 Å². The van der Waals surface area contributed by atoms with Crippen LogP contribution < -0.4 is 0 Å². The number of nitrogens with zero attached hydrogens (tertiary/aromatic N) is 1. The number of carbonyl (C=O) groups is 2. The number of hydrogen-bond acceptors (Lipinski definition) is 5. The predicted octanol–water partition coefficient (Wildman–Crippen LogP) is 0.920. The molecular formula is C12H21NO5. The van der Waals surface area contributed by atoms with Crippen molar-refractivity contribution in [2.45, 2.75) is 51.4 Å². The van der Waals surface area contributed by atoms with Crippen molar-refractivity contribution in [3.63, 3.8) is 0 Å². The van der Waals surface area contributed by atoms with Gasteiger partial charge in [0.05, 0.1) is 19.8 Å². The van der Waals surface area contributed by atoms with Gasteiger partial charge in [0, 0.05) is 6.42 Å². The van der Waals surface area contributed by atoms with Crippen molar-refractivity contribution in [3.8, 4) is 0 Å². The fraction of sp³-hybridized carbons (Fsp3) is 0.833. The number of ether oxygens (including phenoxy) is 2. The van der Waals surface area contributed by atoms with Gasteiger partial charge in [0.15, 0.2) is 0 Å². The molecule has 1 heterocycles. The molecule has 0 saturated carbocycles. The third kappa shape index (κ3) is 2.93.